The molecule has 2 aromatic rings. The van der Waals surface area contributed by atoms with Gasteiger partial charge in [-0.15, -0.1) is 0 Å². The number of hydrogen-bond acceptors (Lipinski definition) is 5. The van der Waals surface area contributed by atoms with Gasteiger partial charge in [0.15, 0.2) is 0 Å². The summed E-state index contributed by atoms with van der Waals surface area (Å²) >= 11 is 0. The number of anilines is 3. The predicted molar refractivity (Wildman–Crippen MR) is 92.9 cm³/mol. The Hall–Kier alpha value is -2.14. The molecule has 0 bridgehead atoms. The van der Waals surface area contributed by atoms with Crippen molar-refractivity contribution in [2.24, 2.45) is 0 Å². The molecular weight excluding hydrogens is 274 g/mol. The molecule has 1 aromatic heterocycles. The van der Waals surface area contributed by atoms with Gasteiger partial charge >= 0.3 is 0 Å². The van der Waals surface area contributed by atoms with E-state index in [0.29, 0.717) is 5.95 Å². The van der Waals surface area contributed by atoms with Crippen molar-refractivity contribution >= 4 is 17.5 Å². The molecule has 0 aliphatic carbocycles. The molecule has 0 saturated heterocycles. The third-order valence-corrected chi connectivity index (χ3v) is 3.51. The first-order valence-corrected chi connectivity index (χ1v) is 7.60. The van der Waals surface area contributed by atoms with Gasteiger partial charge in [0.05, 0.1) is 0 Å². The van der Waals surface area contributed by atoms with Gasteiger partial charge in [0, 0.05) is 18.4 Å². The third-order valence-electron chi connectivity index (χ3n) is 3.51. The first-order valence-electron chi connectivity index (χ1n) is 7.60. The normalized spacial score (nSPS) is 10.8. The van der Waals surface area contributed by atoms with Crippen LogP contribution in [0.5, 0.6) is 0 Å². The van der Waals surface area contributed by atoms with Gasteiger partial charge in [-0.25, -0.2) is 4.98 Å². The maximum absolute atomic E-state index is 4.49. The third kappa shape index (κ3) is 5.00. The highest BCUT2D eigenvalue weighted by Gasteiger charge is 2.01. The van der Waals surface area contributed by atoms with Crippen LogP contribution in [-0.4, -0.2) is 42.1 Å². The average molecular weight is 299 g/mol. The summed E-state index contributed by atoms with van der Waals surface area (Å²) in [6.07, 6.45) is 2.85. The highest BCUT2D eigenvalue weighted by molar-refractivity contribution is 5.56. The molecule has 0 amide bonds. The van der Waals surface area contributed by atoms with E-state index in [-0.39, 0.29) is 0 Å². The van der Waals surface area contributed by atoms with Gasteiger partial charge in [-0.05, 0) is 70.2 Å². The first-order chi connectivity index (χ1) is 10.5. The van der Waals surface area contributed by atoms with Crippen LogP contribution in [0.25, 0.3) is 0 Å². The van der Waals surface area contributed by atoms with Crippen molar-refractivity contribution in [3.05, 3.63) is 41.6 Å². The fraction of sp³-hybridized carbons (Fsp3) is 0.412. The molecule has 0 saturated carbocycles. The molecule has 1 heterocycles. The van der Waals surface area contributed by atoms with Crippen molar-refractivity contribution in [1.29, 1.82) is 0 Å². The summed E-state index contributed by atoms with van der Waals surface area (Å²) in [5.74, 6) is 1.46. The van der Waals surface area contributed by atoms with E-state index in [1.807, 2.05) is 12.1 Å². The molecule has 22 heavy (non-hydrogen) atoms. The Kier molecular flexibility index (Phi) is 5.72. The summed E-state index contributed by atoms with van der Waals surface area (Å²) in [7, 11) is 4.16. The summed E-state index contributed by atoms with van der Waals surface area (Å²) in [6.45, 7) is 6.17. The van der Waals surface area contributed by atoms with Gasteiger partial charge in [0.2, 0.25) is 5.95 Å². The van der Waals surface area contributed by atoms with Crippen LogP contribution in [0.2, 0.25) is 0 Å². The van der Waals surface area contributed by atoms with Crippen molar-refractivity contribution < 1.29 is 0 Å². The zero-order valence-corrected chi connectivity index (χ0v) is 13.8. The van der Waals surface area contributed by atoms with Crippen LogP contribution in [0.1, 0.15) is 17.5 Å². The van der Waals surface area contributed by atoms with Gasteiger partial charge in [0.1, 0.15) is 5.82 Å². The SMILES string of the molecule is Cc1ccc(Nc2nccc(NCCCN(C)C)n2)cc1C. The Bertz CT molecular complexity index is 610. The van der Waals surface area contributed by atoms with E-state index in [4.69, 9.17) is 0 Å². The van der Waals surface area contributed by atoms with Crippen molar-refractivity contribution in [3.63, 3.8) is 0 Å². The molecule has 118 valence electrons. The molecule has 0 aliphatic rings. The number of hydrogen-bond donors (Lipinski definition) is 2. The van der Waals surface area contributed by atoms with Crippen LogP contribution >= 0.6 is 0 Å². The van der Waals surface area contributed by atoms with Crippen LogP contribution in [0.4, 0.5) is 17.5 Å². The molecule has 0 fully saturated rings. The van der Waals surface area contributed by atoms with E-state index in [0.717, 1.165) is 31.0 Å². The molecule has 0 unspecified atom stereocenters. The number of rotatable bonds is 7. The maximum Gasteiger partial charge on any atom is 0.229 e. The second-order valence-corrected chi connectivity index (χ2v) is 5.77. The zero-order valence-electron chi connectivity index (χ0n) is 13.8. The molecule has 0 spiro atoms. The van der Waals surface area contributed by atoms with E-state index in [2.05, 4.69) is 65.6 Å². The molecule has 1 aromatic carbocycles. The van der Waals surface area contributed by atoms with E-state index in [9.17, 15) is 0 Å². The van der Waals surface area contributed by atoms with Crippen LogP contribution in [0, 0.1) is 13.8 Å². The second-order valence-electron chi connectivity index (χ2n) is 5.77. The lowest BCUT2D eigenvalue weighted by Gasteiger charge is -2.11. The predicted octanol–water partition coefficient (Wildman–Crippen LogP) is 3.20. The number of nitrogens with one attached hydrogen (secondary N) is 2. The average Bonchev–Trinajstić information content (AvgIpc) is 2.48. The molecule has 0 radical (unpaired) electrons. The Balaban J connectivity index is 1.94. The van der Waals surface area contributed by atoms with Crippen LogP contribution in [-0.2, 0) is 0 Å². The van der Waals surface area contributed by atoms with Crippen LogP contribution < -0.4 is 10.6 Å². The molecule has 0 aliphatic heterocycles. The van der Waals surface area contributed by atoms with Gasteiger partial charge in [-0.3, -0.25) is 0 Å². The Morgan fingerprint density at radius 1 is 1.09 bits per heavy atom. The molecule has 5 heteroatoms. The zero-order chi connectivity index (χ0) is 15.9. The monoisotopic (exact) mass is 299 g/mol. The highest BCUT2D eigenvalue weighted by Crippen LogP contribution is 2.17. The Labute approximate surface area is 132 Å². The molecule has 2 rings (SSSR count). The van der Waals surface area contributed by atoms with Crippen molar-refractivity contribution in [1.82, 2.24) is 14.9 Å². The number of aromatic nitrogens is 2. The fourth-order valence-electron chi connectivity index (χ4n) is 2.08. The maximum atomic E-state index is 4.49. The largest absolute Gasteiger partial charge is 0.370 e. The number of nitrogens with zero attached hydrogens (tertiary/aromatic N) is 3. The van der Waals surface area contributed by atoms with Gasteiger partial charge in [-0.1, -0.05) is 6.07 Å². The fourth-order valence-corrected chi connectivity index (χ4v) is 2.08. The lowest BCUT2D eigenvalue weighted by Crippen LogP contribution is -2.16. The molecule has 0 atom stereocenters. The topological polar surface area (TPSA) is 53.1 Å². The van der Waals surface area contributed by atoms with Gasteiger partial charge in [-0.2, -0.15) is 4.98 Å². The second kappa shape index (κ2) is 7.75. The Morgan fingerprint density at radius 2 is 1.91 bits per heavy atom. The van der Waals surface area contributed by atoms with Gasteiger partial charge in [0.25, 0.3) is 0 Å². The molecule has 2 N–H and O–H groups in total. The summed E-state index contributed by atoms with van der Waals surface area (Å²) < 4.78 is 0. The van der Waals surface area contributed by atoms with Crippen molar-refractivity contribution in [3.8, 4) is 0 Å². The molecule has 5 nitrogen and oxygen atoms in total. The smallest absolute Gasteiger partial charge is 0.229 e. The van der Waals surface area contributed by atoms with Crippen molar-refractivity contribution in [2.45, 2.75) is 20.3 Å². The van der Waals surface area contributed by atoms with Crippen molar-refractivity contribution in [2.75, 3.05) is 37.8 Å². The standard InChI is InChI=1S/C17H25N5/c1-13-6-7-15(12-14(13)2)20-17-19-10-8-16(21-17)18-9-5-11-22(3)4/h6-8,10,12H,5,9,11H2,1-4H3,(H2,18,19,20,21). The summed E-state index contributed by atoms with van der Waals surface area (Å²) in [6, 6.07) is 8.14. The Morgan fingerprint density at radius 3 is 2.64 bits per heavy atom. The van der Waals surface area contributed by atoms with E-state index in [1.54, 1.807) is 6.20 Å². The number of benzene rings is 1. The van der Waals surface area contributed by atoms with E-state index in [1.165, 1.54) is 11.1 Å². The first kappa shape index (κ1) is 16.2. The lowest BCUT2D eigenvalue weighted by atomic mass is 10.1. The quantitative estimate of drug-likeness (QED) is 0.769. The molecular formula is C17H25N5. The summed E-state index contributed by atoms with van der Waals surface area (Å²) in [4.78, 5) is 10.9. The van der Waals surface area contributed by atoms with Crippen LogP contribution in [0.15, 0.2) is 30.5 Å². The number of aryl methyl sites for hydroxylation is 2. The van der Waals surface area contributed by atoms with E-state index < -0.39 is 0 Å². The van der Waals surface area contributed by atoms with Gasteiger partial charge < -0.3 is 15.5 Å². The van der Waals surface area contributed by atoms with Crippen LogP contribution in [0.3, 0.4) is 0 Å². The minimum atomic E-state index is 0.612. The minimum absolute atomic E-state index is 0.612. The minimum Gasteiger partial charge on any atom is -0.370 e. The summed E-state index contributed by atoms with van der Waals surface area (Å²) in [5.41, 5.74) is 3.54. The highest BCUT2D eigenvalue weighted by atomic mass is 15.1. The lowest BCUT2D eigenvalue weighted by molar-refractivity contribution is 0.405. The van der Waals surface area contributed by atoms with E-state index >= 15 is 0 Å². The summed E-state index contributed by atoms with van der Waals surface area (Å²) in [5, 5.41) is 6.58.